The summed E-state index contributed by atoms with van der Waals surface area (Å²) < 4.78 is 0. The van der Waals surface area contributed by atoms with E-state index in [1.807, 2.05) is 0 Å². The number of carbonyl (C=O) groups is 1. The lowest BCUT2D eigenvalue weighted by Crippen LogP contribution is -2.37. The monoisotopic (exact) mass is 280 g/mol. The molecule has 122 valence electrons. The molecule has 0 fully saturated rings. The molecule has 4 N–H and O–H groups in total. The number of amides is 1. The first-order valence-electron chi connectivity index (χ1n) is 7.58. The quantitative estimate of drug-likeness (QED) is 0.386. The van der Waals surface area contributed by atoms with E-state index < -0.39 is 0 Å². The second kappa shape index (κ2) is 13.8. The molecule has 0 spiro atoms. The summed E-state index contributed by atoms with van der Waals surface area (Å²) in [6.45, 7) is 11.3. The van der Waals surface area contributed by atoms with Crippen LogP contribution in [0.2, 0.25) is 0 Å². The van der Waals surface area contributed by atoms with Crippen molar-refractivity contribution in [1.82, 2.24) is 21.3 Å². The molecule has 0 rings (SSSR count). The van der Waals surface area contributed by atoms with Crippen LogP contribution in [-0.4, -0.2) is 51.2 Å². The van der Waals surface area contributed by atoms with Crippen molar-refractivity contribution >= 4 is 5.91 Å². The van der Waals surface area contributed by atoms with Crippen LogP contribution in [0.15, 0.2) is 0 Å². The van der Waals surface area contributed by atoms with Gasteiger partial charge in [-0.25, -0.2) is 0 Å². The second-order valence-corrected chi connectivity index (χ2v) is 5.05. The largest absolute Gasteiger partial charge is 0.354 e. The Morgan fingerprint density at radius 3 is 2.42 bits per heavy atom. The number of unbranched alkanes of at least 4 members (excludes halogenated alkanes) is 2. The number of rotatable bonds is 13. The van der Waals surface area contributed by atoms with E-state index in [1.54, 1.807) is 0 Å². The van der Waals surface area contributed by atoms with Crippen molar-refractivity contribution in [3.05, 3.63) is 0 Å². The zero-order chi connectivity index (χ0) is 14.3. The van der Waals surface area contributed by atoms with Crippen molar-refractivity contribution in [3.63, 3.8) is 0 Å². The molecule has 0 aromatic carbocycles. The van der Waals surface area contributed by atoms with Gasteiger partial charge >= 0.3 is 0 Å². The molecule has 0 radical (unpaired) electrons. The SMILES string of the molecule is CCNCCNC(=O)CNCCCCCNC(C)C.[HH].[HH].[HH].[HH]. The van der Waals surface area contributed by atoms with Gasteiger partial charge in [0, 0.05) is 24.8 Å². The average molecular weight is 281 g/mol. The van der Waals surface area contributed by atoms with Crippen LogP contribution < -0.4 is 21.3 Å². The van der Waals surface area contributed by atoms with Crippen LogP contribution in [0.1, 0.15) is 45.7 Å². The molecule has 0 atom stereocenters. The Morgan fingerprint density at radius 1 is 1.00 bits per heavy atom. The predicted octanol–water partition coefficient (Wildman–Crippen LogP) is 1.45. The van der Waals surface area contributed by atoms with Gasteiger partial charge in [-0.05, 0) is 32.5 Å². The first-order valence-corrected chi connectivity index (χ1v) is 7.58. The first-order chi connectivity index (χ1) is 9.16. The Hall–Kier alpha value is -0.650. The summed E-state index contributed by atoms with van der Waals surface area (Å²) in [7, 11) is 0. The lowest BCUT2D eigenvalue weighted by atomic mass is 10.2. The third-order valence-electron chi connectivity index (χ3n) is 2.74. The van der Waals surface area contributed by atoms with Crippen molar-refractivity contribution in [1.29, 1.82) is 0 Å². The highest BCUT2D eigenvalue weighted by Crippen LogP contribution is 1.92. The van der Waals surface area contributed by atoms with Gasteiger partial charge in [-0.2, -0.15) is 0 Å². The molecule has 0 aliphatic carbocycles. The number of likely N-dealkylation sites (N-methyl/N-ethyl adjacent to an activating group) is 1. The molecular weight excluding hydrogens is 240 g/mol. The van der Waals surface area contributed by atoms with E-state index in [4.69, 9.17) is 0 Å². The van der Waals surface area contributed by atoms with Gasteiger partial charge in [0.25, 0.3) is 0 Å². The van der Waals surface area contributed by atoms with E-state index >= 15 is 0 Å². The molecule has 5 heteroatoms. The Morgan fingerprint density at radius 2 is 1.74 bits per heavy atom. The smallest absolute Gasteiger partial charge is 0.234 e. The molecule has 0 aliphatic heterocycles. The lowest BCUT2D eigenvalue weighted by molar-refractivity contribution is -0.120. The number of hydrogen-bond acceptors (Lipinski definition) is 4. The molecule has 0 bridgehead atoms. The van der Waals surface area contributed by atoms with E-state index in [0.717, 1.165) is 32.6 Å². The minimum atomic E-state index is 0. The maximum Gasteiger partial charge on any atom is 0.234 e. The molecule has 1 amide bonds. The van der Waals surface area contributed by atoms with Gasteiger partial charge in [0.2, 0.25) is 5.91 Å². The summed E-state index contributed by atoms with van der Waals surface area (Å²) in [4.78, 5) is 11.4. The zero-order valence-electron chi connectivity index (χ0n) is 12.8. The third kappa shape index (κ3) is 15.3. The van der Waals surface area contributed by atoms with Crippen molar-refractivity contribution in [2.24, 2.45) is 0 Å². The molecule has 0 aliphatic rings. The lowest BCUT2D eigenvalue weighted by Gasteiger charge is -2.08. The molecule has 0 saturated carbocycles. The van der Waals surface area contributed by atoms with Crippen LogP contribution in [-0.2, 0) is 4.79 Å². The van der Waals surface area contributed by atoms with Gasteiger partial charge in [-0.1, -0.05) is 27.2 Å². The highest BCUT2D eigenvalue weighted by atomic mass is 16.1. The van der Waals surface area contributed by atoms with Crippen LogP contribution in [0.3, 0.4) is 0 Å². The van der Waals surface area contributed by atoms with Gasteiger partial charge in [-0.3, -0.25) is 4.79 Å². The predicted molar refractivity (Wildman–Crippen MR) is 89.9 cm³/mol. The third-order valence-corrected chi connectivity index (χ3v) is 2.74. The van der Waals surface area contributed by atoms with E-state index in [1.165, 1.54) is 12.8 Å². The second-order valence-electron chi connectivity index (χ2n) is 5.05. The van der Waals surface area contributed by atoms with E-state index in [0.29, 0.717) is 19.1 Å². The summed E-state index contributed by atoms with van der Waals surface area (Å²) in [5.41, 5.74) is 0. The van der Waals surface area contributed by atoms with E-state index in [2.05, 4.69) is 42.0 Å². The maximum atomic E-state index is 11.4. The van der Waals surface area contributed by atoms with Gasteiger partial charge in [0.15, 0.2) is 0 Å². The summed E-state index contributed by atoms with van der Waals surface area (Å²) in [5, 5.41) is 12.6. The summed E-state index contributed by atoms with van der Waals surface area (Å²) in [6.07, 6.45) is 3.54. The summed E-state index contributed by atoms with van der Waals surface area (Å²) in [5.74, 6) is 0.0828. The fourth-order valence-electron chi connectivity index (χ4n) is 1.67. The highest BCUT2D eigenvalue weighted by Gasteiger charge is 1.99. The van der Waals surface area contributed by atoms with Crippen LogP contribution in [0, 0.1) is 0 Å². The number of nitrogens with one attached hydrogen (secondary N) is 4. The molecule has 0 aromatic heterocycles. The minimum Gasteiger partial charge on any atom is -0.354 e. The molecule has 0 aromatic rings. The Kier molecular flexibility index (Phi) is 13.3. The molecule has 19 heavy (non-hydrogen) atoms. The van der Waals surface area contributed by atoms with Gasteiger partial charge < -0.3 is 21.3 Å². The first kappa shape index (κ1) is 18.4. The standard InChI is InChI=1S/C14H32N4O.4H2/c1-4-15-10-11-18-14(19)12-16-8-6-5-7-9-17-13(2)3;;;;/h13,15-17H,4-12H2,1-3H3,(H,18,19);4*1H. The molecule has 0 unspecified atom stereocenters. The normalized spacial score (nSPS) is 10.9. The highest BCUT2D eigenvalue weighted by molar-refractivity contribution is 5.77. The molecule has 5 nitrogen and oxygen atoms in total. The Bertz CT molecular complexity index is 225. The van der Waals surface area contributed by atoms with E-state index in [9.17, 15) is 4.79 Å². The zero-order valence-corrected chi connectivity index (χ0v) is 12.8. The molecular formula is C14H40N4O. The van der Waals surface area contributed by atoms with Crippen molar-refractivity contribution in [2.45, 2.75) is 46.1 Å². The number of hydrogen-bond donors (Lipinski definition) is 4. The van der Waals surface area contributed by atoms with Gasteiger partial charge in [0.1, 0.15) is 0 Å². The molecule has 0 saturated heterocycles. The minimum absolute atomic E-state index is 0. The average Bonchev–Trinajstić information content (AvgIpc) is 2.37. The van der Waals surface area contributed by atoms with Crippen LogP contribution in [0.4, 0.5) is 0 Å². The van der Waals surface area contributed by atoms with Gasteiger partial charge in [0.05, 0.1) is 6.54 Å². The Labute approximate surface area is 124 Å². The maximum absolute atomic E-state index is 11.4. The molecule has 0 heterocycles. The number of carbonyl (C=O) groups excluding carboxylic acids is 1. The van der Waals surface area contributed by atoms with Gasteiger partial charge in [-0.15, -0.1) is 0 Å². The van der Waals surface area contributed by atoms with Crippen molar-refractivity contribution < 1.29 is 10.5 Å². The summed E-state index contributed by atoms with van der Waals surface area (Å²) >= 11 is 0. The topological polar surface area (TPSA) is 65.2 Å². The van der Waals surface area contributed by atoms with Crippen molar-refractivity contribution in [2.75, 3.05) is 39.3 Å². The van der Waals surface area contributed by atoms with Crippen LogP contribution in [0.5, 0.6) is 0 Å². The van der Waals surface area contributed by atoms with Crippen LogP contribution >= 0.6 is 0 Å². The fourth-order valence-corrected chi connectivity index (χ4v) is 1.67. The Balaban J connectivity index is -0.000000270. The fraction of sp³-hybridized carbons (Fsp3) is 0.929. The van der Waals surface area contributed by atoms with Crippen molar-refractivity contribution in [3.8, 4) is 0 Å². The van der Waals surface area contributed by atoms with Crippen LogP contribution in [0.25, 0.3) is 0 Å². The van der Waals surface area contributed by atoms with E-state index in [-0.39, 0.29) is 11.6 Å². The summed E-state index contributed by atoms with van der Waals surface area (Å²) in [6, 6.07) is 0.573.